The van der Waals surface area contributed by atoms with Crippen LogP contribution < -0.4 is 5.32 Å². The SMILES string of the molecule is CCOC(=O)C(Cc1ccccc1)NC(=O)c1ccc(Cl)cc1Cl. The number of amides is 1. The van der Waals surface area contributed by atoms with Crippen LogP contribution in [-0.4, -0.2) is 24.5 Å². The van der Waals surface area contributed by atoms with Gasteiger partial charge in [-0.05, 0) is 30.7 Å². The van der Waals surface area contributed by atoms with E-state index in [4.69, 9.17) is 27.9 Å². The summed E-state index contributed by atoms with van der Waals surface area (Å²) in [4.78, 5) is 24.6. The van der Waals surface area contributed by atoms with Crippen molar-refractivity contribution < 1.29 is 14.3 Å². The van der Waals surface area contributed by atoms with Crippen molar-refractivity contribution in [2.75, 3.05) is 6.61 Å². The van der Waals surface area contributed by atoms with Crippen LogP contribution in [0.4, 0.5) is 0 Å². The van der Waals surface area contributed by atoms with Gasteiger partial charge in [-0.15, -0.1) is 0 Å². The molecule has 2 rings (SSSR count). The molecule has 0 aromatic heterocycles. The zero-order chi connectivity index (χ0) is 17.5. The largest absolute Gasteiger partial charge is 0.464 e. The third-order valence-corrected chi connectivity index (χ3v) is 3.88. The Bertz CT molecular complexity index is 719. The minimum atomic E-state index is -0.799. The third-order valence-electron chi connectivity index (χ3n) is 3.33. The average molecular weight is 366 g/mol. The van der Waals surface area contributed by atoms with E-state index in [1.807, 2.05) is 30.3 Å². The maximum Gasteiger partial charge on any atom is 0.328 e. The lowest BCUT2D eigenvalue weighted by Gasteiger charge is -2.18. The van der Waals surface area contributed by atoms with Crippen molar-refractivity contribution in [3.05, 3.63) is 69.7 Å². The fraction of sp³-hybridized carbons (Fsp3) is 0.222. The van der Waals surface area contributed by atoms with Crippen molar-refractivity contribution in [1.82, 2.24) is 5.32 Å². The van der Waals surface area contributed by atoms with Gasteiger partial charge in [0.2, 0.25) is 0 Å². The van der Waals surface area contributed by atoms with E-state index in [0.717, 1.165) is 5.56 Å². The van der Waals surface area contributed by atoms with E-state index >= 15 is 0 Å². The number of benzene rings is 2. The molecular weight excluding hydrogens is 349 g/mol. The van der Waals surface area contributed by atoms with Crippen molar-refractivity contribution >= 4 is 35.1 Å². The predicted molar refractivity (Wildman–Crippen MR) is 94.5 cm³/mol. The number of ether oxygens (including phenoxy) is 1. The summed E-state index contributed by atoms with van der Waals surface area (Å²) in [6.45, 7) is 1.96. The smallest absolute Gasteiger partial charge is 0.328 e. The second-order valence-electron chi connectivity index (χ2n) is 5.09. The summed E-state index contributed by atoms with van der Waals surface area (Å²) in [6, 6.07) is 13.2. The Kier molecular flexibility index (Phi) is 6.64. The highest BCUT2D eigenvalue weighted by molar-refractivity contribution is 6.36. The zero-order valence-corrected chi connectivity index (χ0v) is 14.6. The molecule has 1 atom stereocenters. The molecule has 0 bridgehead atoms. The molecule has 0 radical (unpaired) electrons. The first-order valence-corrected chi connectivity index (χ1v) is 8.23. The molecule has 1 unspecified atom stereocenters. The van der Waals surface area contributed by atoms with Crippen LogP contribution in [0.15, 0.2) is 48.5 Å². The second kappa shape index (κ2) is 8.71. The lowest BCUT2D eigenvalue weighted by molar-refractivity contribution is -0.145. The van der Waals surface area contributed by atoms with E-state index in [0.29, 0.717) is 11.4 Å². The van der Waals surface area contributed by atoms with Crippen molar-refractivity contribution in [1.29, 1.82) is 0 Å². The highest BCUT2D eigenvalue weighted by Crippen LogP contribution is 2.21. The van der Waals surface area contributed by atoms with Gasteiger partial charge in [0.05, 0.1) is 17.2 Å². The summed E-state index contributed by atoms with van der Waals surface area (Å²) in [6.07, 6.45) is 0.330. The number of hydrogen-bond donors (Lipinski definition) is 1. The molecule has 4 nitrogen and oxygen atoms in total. The monoisotopic (exact) mass is 365 g/mol. The molecule has 0 spiro atoms. The maximum absolute atomic E-state index is 12.4. The van der Waals surface area contributed by atoms with Gasteiger partial charge in [0.1, 0.15) is 6.04 Å². The van der Waals surface area contributed by atoms with Gasteiger partial charge in [0, 0.05) is 11.4 Å². The number of carbonyl (C=O) groups excluding carboxylic acids is 2. The van der Waals surface area contributed by atoms with Gasteiger partial charge in [-0.25, -0.2) is 4.79 Å². The molecule has 1 N–H and O–H groups in total. The number of nitrogens with one attached hydrogen (secondary N) is 1. The van der Waals surface area contributed by atoms with Gasteiger partial charge in [-0.3, -0.25) is 4.79 Å². The fourth-order valence-electron chi connectivity index (χ4n) is 2.20. The van der Waals surface area contributed by atoms with Crippen LogP contribution in [0.5, 0.6) is 0 Å². The Morgan fingerprint density at radius 3 is 2.46 bits per heavy atom. The Labute approximate surface area is 150 Å². The van der Waals surface area contributed by atoms with Gasteiger partial charge in [0.25, 0.3) is 5.91 Å². The first kappa shape index (κ1) is 18.3. The lowest BCUT2D eigenvalue weighted by atomic mass is 10.1. The van der Waals surface area contributed by atoms with Crippen LogP contribution in [0.25, 0.3) is 0 Å². The van der Waals surface area contributed by atoms with Crippen molar-refractivity contribution in [2.24, 2.45) is 0 Å². The molecule has 2 aromatic carbocycles. The van der Waals surface area contributed by atoms with Crippen LogP contribution in [0.3, 0.4) is 0 Å². The fourth-order valence-corrected chi connectivity index (χ4v) is 2.69. The molecule has 2 aromatic rings. The van der Waals surface area contributed by atoms with E-state index in [9.17, 15) is 9.59 Å². The van der Waals surface area contributed by atoms with E-state index in [1.165, 1.54) is 12.1 Å². The Morgan fingerprint density at radius 1 is 1.12 bits per heavy atom. The van der Waals surface area contributed by atoms with Crippen LogP contribution in [0.1, 0.15) is 22.8 Å². The zero-order valence-electron chi connectivity index (χ0n) is 13.1. The molecule has 1 amide bonds. The molecule has 0 saturated carbocycles. The van der Waals surface area contributed by atoms with E-state index in [1.54, 1.807) is 13.0 Å². The van der Waals surface area contributed by atoms with Crippen LogP contribution in [0, 0.1) is 0 Å². The molecule has 0 aliphatic heterocycles. The number of carbonyl (C=O) groups is 2. The molecule has 126 valence electrons. The molecule has 0 aliphatic carbocycles. The standard InChI is InChI=1S/C18H17Cl2NO3/c1-2-24-18(23)16(10-12-6-4-3-5-7-12)21-17(22)14-9-8-13(19)11-15(14)20/h3-9,11,16H,2,10H2,1H3,(H,21,22). The maximum atomic E-state index is 12.4. The minimum absolute atomic E-state index is 0.224. The molecule has 24 heavy (non-hydrogen) atoms. The number of rotatable bonds is 6. The second-order valence-corrected chi connectivity index (χ2v) is 5.94. The summed E-state index contributed by atoms with van der Waals surface area (Å²) in [5.41, 5.74) is 1.17. The van der Waals surface area contributed by atoms with Crippen LogP contribution >= 0.6 is 23.2 Å². The Balaban J connectivity index is 2.17. The van der Waals surface area contributed by atoms with Crippen LogP contribution in [-0.2, 0) is 16.0 Å². The van der Waals surface area contributed by atoms with Crippen molar-refractivity contribution in [3.8, 4) is 0 Å². The summed E-state index contributed by atoms with van der Waals surface area (Å²) in [5, 5.41) is 3.34. The van der Waals surface area contributed by atoms with E-state index in [2.05, 4.69) is 5.32 Å². The van der Waals surface area contributed by atoms with Gasteiger partial charge in [-0.2, -0.15) is 0 Å². The van der Waals surface area contributed by atoms with Gasteiger partial charge in [-0.1, -0.05) is 53.5 Å². The first-order chi connectivity index (χ1) is 11.5. The Hall–Kier alpha value is -2.04. The van der Waals surface area contributed by atoms with Crippen molar-refractivity contribution in [3.63, 3.8) is 0 Å². The molecular formula is C18H17Cl2NO3. The topological polar surface area (TPSA) is 55.4 Å². The van der Waals surface area contributed by atoms with Gasteiger partial charge < -0.3 is 10.1 Å². The number of esters is 1. The van der Waals surface area contributed by atoms with Gasteiger partial charge in [0.15, 0.2) is 0 Å². The number of halogens is 2. The molecule has 6 heteroatoms. The summed E-state index contributed by atoms with van der Waals surface area (Å²) >= 11 is 11.9. The number of hydrogen-bond acceptors (Lipinski definition) is 3. The first-order valence-electron chi connectivity index (χ1n) is 7.47. The normalized spacial score (nSPS) is 11.6. The molecule has 0 aliphatic rings. The highest BCUT2D eigenvalue weighted by Gasteiger charge is 2.24. The highest BCUT2D eigenvalue weighted by atomic mass is 35.5. The molecule has 0 fully saturated rings. The minimum Gasteiger partial charge on any atom is -0.464 e. The predicted octanol–water partition coefficient (Wildman–Crippen LogP) is 3.90. The Morgan fingerprint density at radius 2 is 1.83 bits per heavy atom. The van der Waals surface area contributed by atoms with E-state index in [-0.39, 0.29) is 17.2 Å². The quantitative estimate of drug-likeness (QED) is 0.789. The molecule has 0 heterocycles. The summed E-state index contributed by atoms with van der Waals surface area (Å²) < 4.78 is 5.05. The third kappa shape index (κ3) is 4.98. The van der Waals surface area contributed by atoms with E-state index < -0.39 is 17.9 Å². The van der Waals surface area contributed by atoms with Crippen molar-refractivity contribution in [2.45, 2.75) is 19.4 Å². The summed E-state index contributed by atoms with van der Waals surface area (Å²) in [5.74, 6) is -0.939. The average Bonchev–Trinajstić information content (AvgIpc) is 2.55. The van der Waals surface area contributed by atoms with Crippen LogP contribution in [0.2, 0.25) is 10.0 Å². The van der Waals surface area contributed by atoms with Gasteiger partial charge >= 0.3 is 5.97 Å². The molecule has 0 saturated heterocycles. The lowest BCUT2D eigenvalue weighted by Crippen LogP contribution is -2.43. The summed E-state index contributed by atoms with van der Waals surface area (Å²) in [7, 11) is 0.